The average Bonchev–Trinajstić information content (AvgIpc) is 2.79. The Morgan fingerprint density at radius 3 is 2.50 bits per heavy atom. The molecule has 0 saturated carbocycles. The van der Waals surface area contributed by atoms with Gasteiger partial charge in [-0.2, -0.15) is 0 Å². The number of nitrogens with zero attached hydrogens (tertiary/aromatic N) is 2. The summed E-state index contributed by atoms with van der Waals surface area (Å²) < 4.78 is 0. The summed E-state index contributed by atoms with van der Waals surface area (Å²) in [5.74, 6) is 0.669. The SMILES string of the molecule is CC(C)C(=O)N1CCCCCCCNCc2cc(C(=O)N3CCC(CCO)CC3)ccc21. The fraction of sp³-hybridized carbons (Fsp3) is 0.692. The van der Waals surface area contributed by atoms with Crippen LogP contribution in [0.4, 0.5) is 5.69 Å². The van der Waals surface area contributed by atoms with Crippen molar-refractivity contribution < 1.29 is 14.7 Å². The van der Waals surface area contributed by atoms with Gasteiger partial charge in [-0.05, 0) is 68.3 Å². The first-order chi connectivity index (χ1) is 15.5. The molecular weight excluding hydrogens is 402 g/mol. The second kappa shape index (κ2) is 12.4. The van der Waals surface area contributed by atoms with Crippen molar-refractivity contribution in [1.29, 1.82) is 0 Å². The molecule has 0 aliphatic carbocycles. The van der Waals surface area contributed by atoms with Crippen molar-refractivity contribution in [1.82, 2.24) is 10.2 Å². The summed E-state index contributed by atoms with van der Waals surface area (Å²) in [4.78, 5) is 30.1. The molecule has 1 saturated heterocycles. The summed E-state index contributed by atoms with van der Waals surface area (Å²) >= 11 is 0. The van der Waals surface area contributed by atoms with Gasteiger partial charge in [0, 0.05) is 50.0 Å². The van der Waals surface area contributed by atoms with Crippen LogP contribution >= 0.6 is 0 Å². The number of benzene rings is 1. The molecule has 1 aromatic rings. The van der Waals surface area contributed by atoms with E-state index in [0.29, 0.717) is 18.0 Å². The second-order valence-electron chi connectivity index (χ2n) is 9.68. The molecule has 6 heteroatoms. The zero-order chi connectivity index (χ0) is 22.9. The molecule has 0 bridgehead atoms. The Balaban J connectivity index is 1.82. The zero-order valence-electron chi connectivity index (χ0n) is 19.9. The molecule has 0 aromatic heterocycles. The first-order valence-electron chi connectivity index (χ1n) is 12.6. The van der Waals surface area contributed by atoms with E-state index >= 15 is 0 Å². The topological polar surface area (TPSA) is 72.9 Å². The maximum Gasteiger partial charge on any atom is 0.253 e. The van der Waals surface area contributed by atoms with Gasteiger partial charge in [0.1, 0.15) is 0 Å². The molecule has 2 aliphatic rings. The summed E-state index contributed by atoms with van der Waals surface area (Å²) in [6.45, 7) is 7.97. The van der Waals surface area contributed by atoms with Crippen molar-refractivity contribution in [3.05, 3.63) is 29.3 Å². The number of hydrogen-bond acceptors (Lipinski definition) is 4. The molecule has 2 amide bonds. The average molecular weight is 444 g/mol. The lowest BCUT2D eigenvalue weighted by atomic mass is 9.93. The largest absolute Gasteiger partial charge is 0.396 e. The molecule has 0 radical (unpaired) electrons. The summed E-state index contributed by atoms with van der Waals surface area (Å²) in [7, 11) is 0. The van der Waals surface area contributed by atoms with E-state index in [0.717, 1.165) is 76.0 Å². The lowest BCUT2D eigenvalue weighted by Gasteiger charge is -2.32. The highest BCUT2D eigenvalue weighted by molar-refractivity contribution is 5.98. The Morgan fingerprint density at radius 1 is 1.06 bits per heavy atom. The Bertz CT molecular complexity index is 757. The van der Waals surface area contributed by atoms with Crippen LogP contribution in [0.2, 0.25) is 0 Å². The van der Waals surface area contributed by atoms with Gasteiger partial charge >= 0.3 is 0 Å². The lowest BCUT2D eigenvalue weighted by Crippen LogP contribution is -2.39. The van der Waals surface area contributed by atoms with Crippen LogP contribution in [0.25, 0.3) is 0 Å². The number of amides is 2. The van der Waals surface area contributed by atoms with E-state index in [-0.39, 0.29) is 24.3 Å². The molecule has 2 aliphatic heterocycles. The van der Waals surface area contributed by atoms with Gasteiger partial charge in [-0.1, -0.05) is 33.1 Å². The standard InChI is InChI=1S/C26H41N3O3/c1-20(2)25(31)29-14-7-5-3-4-6-13-27-19-23-18-22(8-9-24(23)29)26(32)28-15-10-21(11-16-28)12-17-30/h8-9,18,20-21,27,30H,3-7,10-17,19H2,1-2H3. The van der Waals surface area contributed by atoms with Gasteiger partial charge in [-0.3, -0.25) is 9.59 Å². The van der Waals surface area contributed by atoms with Crippen LogP contribution in [0.1, 0.15) is 81.1 Å². The van der Waals surface area contributed by atoms with Gasteiger partial charge in [0.05, 0.1) is 0 Å². The highest BCUT2D eigenvalue weighted by atomic mass is 16.3. The van der Waals surface area contributed by atoms with Gasteiger partial charge in [-0.15, -0.1) is 0 Å². The highest BCUT2D eigenvalue weighted by Gasteiger charge is 2.26. The Hall–Kier alpha value is -1.92. The van der Waals surface area contributed by atoms with Gasteiger partial charge in [-0.25, -0.2) is 0 Å². The van der Waals surface area contributed by atoms with Crippen molar-refractivity contribution in [2.24, 2.45) is 11.8 Å². The third-order valence-electron chi connectivity index (χ3n) is 6.87. The third kappa shape index (κ3) is 6.55. The van der Waals surface area contributed by atoms with Gasteiger partial charge in [0.15, 0.2) is 0 Å². The fourth-order valence-corrected chi connectivity index (χ4v) is 4.85. The second-order valence-corrected chi connectivity index (χ2v) is 9.68. The number of likely N-dealkylation sites (tertiary alicyclic amines) is 1. The highest BCUT2D eigenvalue weighted by Crippen LogP contribution is 2.27. The number of carbonyl (C=O) groups excluding carboxylic acids is 2. The van der Waals surface area contributed by atoms with Crippen LogP contribution < -0.4 is 10.2 Å². The van der Waals surface area contributed by atoms with Crippen molar-refractivity contribution in [3.8, 4) is 0 Å². The minimum Gasteiger partial charge on any atom is -0.396 e. The third-order valence-corrected chi connectivity index (χ3v) is 6.87. The number of fused-ring (bicyclic) bond motifs is 1. The molecule has 2 heterocycles. The van der Waals surface area contributed by atoms with E-state index < -0.39 is 0 Å². The minimum atomic E-state index is -0.0646. The number of nitrogens with one attached hydrogen (secondary N) is 1. The molecule has 3 rings (SSSR count). The molecule has 2 N–H and O–H groups in total. The monoisotopic (exact) mass is 443 g/mol. The first kappa shape index (κ1) is 24.7. The molecule has 1 aromatic carbocycles. The summed E-state index contributed by atoms with van der Waals surface area (Å²) in [6, 6.07) is 5.87. The van der Waals surface area contributed by atoms with Gasteiger partial charge < -0.3 is 20.2 Å². The molecule has 6 nitrogen and oxygen atoms in total. The van der Waals surface area contributed by atoms with Crippen molar-refractivity contribution in [2.75, 3.05) is 37.7 Å². The van der Waals surface area contributed by atoms with E-state index in [9.17, 15) is 14.7 Å². The number of aliphatic hydroxyl groups excluding tert-OH is 1. The van der Waals surface area contributed by atoms with Crippen LogP contribution in [0.3, 0.4) is 0 Å². The Morgan fingerprint density at radius 2 is 1.78 bits per heavy atom. The number of carbonyl (C=O) groups is 2. The minimum absolute atomic E-state index is 0.0646. The van der Waals surface area contributed by atoms with E-state index in [2.05, 4.69) is 5.32 Å². The van der Waals surface area contributed by atoms with Crippen molar-refractivity contribution in [2.45, 2.75) is 71.8 Å². The number of piperidine rings is 1. The van der Waals surface area contributed by atoms with E-state index in [1.165, 1.54) is 12.8 Å². The summed E-state index contributed by atoms with van der Waals surface area (Å²) in [6.07, 6.45) is 8.46. The molecular formula is C26H41N3O3. The first-order valence-corrected chi connectivity index (χ1v) is 12.6. The zero-order valence-corrected chi connectivity index (χ0v) is 19.9. The van der Waals surface area contributed by atoms with Crippen molar-refractivity contribution >= 4 is 17.5 Å². The smallest absolute Gasteiger partial charge is 0.253 e. The molecule has 0 atom stereocenters. The molecule has 0 spiro atoms. The normalized spacial score (nSPS) is 19.2. The number of anilines is 1. The molecule has 0 unspecified atom stereocenters. The van der Waals surface area contributed by atoms with Gasteiger partial charge in [0.2, 0.25) is 5.91 Å². The van der Waals surface area contributed by atoms with E-state index in [4.69, 9.17) is 0 Å². The number of aliphatic hydroxyl groups is 1. The summed E-state index contributed by atoms with van der Waals surface area (Å²) in [5.41, 5.74) is 2.67. The van der Waals surface area contributed by atoms with E-state index in [1.807, 2.05) is 41.8 Å². The van der Waals surface area contributed by atoms with Gasteiger partial charge in [0.25, 0.3) is 5.91 Å². The van der Waals surface area contributed by atoms with Crippen LogP contribution in [0.5, 0.6) is 0 Å². The van der Waals surface area contributed by atoms with E-state index in [1.54, 1.807) is 0 Å². The maximum absolute atomic E-state index is 13.2. The van der Waals surface area contributed by atoms with Crippen LogP contribution in [-0.4, -0.2) is 54.6 Å². The quantitative estimate of drug-likeness (QED) is 0.739. The number of hydrogen-bond donors (Lipinski definition) is 2. The van der Waals surface area contributed by atoms with Crippen molar-refractivity contribution in [3.63, 3.8) is 0 Å². The number of rotatable bonds is 4. The Labute approximate surface area is 193 Å². The lowest BCUT2D eigenvalue weighted by molar-refractivity contribution is -0.121. The predicted molar refractivity (Wildman–Crippen MR) is 129 cm³/mol. The summed E-state index contributed by atoms with van der Waals surface area (Å²) in [5, 5.41) is 12.7. The maximum atomic E-state index is 13.2. The predicted octanol–water partition coefficient (Wildman–Crippen LogP) is 3.96. The fourth-order valence-electron chi connectivity index (χ4n) is 4.85. The molecule has 32 heavy (non-hydrogen) atoms. The van der Waals surface area contributed by atoms with Crippen LogP contribution in [0, 0.1) is 11.8 Å². The van der Waals surface area contributed by atoms with Crippen LogP contribution in [0.15, 0.2) is 18.2 Å². The van der Waals surface area contributed by atoms with Crippen LogP contribution in [-0.2, 0) is 11.3 Å². The Kier molecular flexibility index (Phi) is 9.54. The molecule has 1 fully saturated rings. The molecule has 178 valence electrons.